The Kier molecular flexibility index (Phi) is 4.06. The van der Waals surface area contributed by atoms with Gasteiger partial charge in [-0.25, -0.2) is 4.90 Å². The highest BCUT2D eigenvalue weighted by atomic mass is 16.5. The number of carbonyl (C=O) groups is 3. The number of rotatable bonds is 4. The van der Waals surface area contributed by atoms with Crippen molar-refractivity contribution in [3.63, 3.8) is 0 Å². The molecule has 4 rings (SSSR count). The summed E-state index contributed by atoms with van der Waals surface area (Å²) in [4.78, 5) is 39.7. The number of carbonyl (C=O) groups excluding carboxylic acids is 3. The molecule has 0 N–H and O–H groups in total. The number of nitrogens with zero attached hydrogens (tertiary/aromatic N) is 1. The Hall–Kier alpha value is -2.69. The summed E-state index contributed by atoms with van der Waals surface area (Å²) in [6.07, 6.45) is 4.14. The minimum atomic E-state index is -0.354. The van der Waals surface area contributed by atoms with Crippen LogP contribution in [-0.4, -0.2) is 24.2 Å². The molecule has 1 aromatic rings. The van der Waals surface area contributed by atoms with Gasteiger partial charge in [0.05, 0.1) is 24.1 Å². The summed E-state index contributed by atoms with van der Waals surface area (Å²) < 4.78 is 5.65. The fraction of sp³-hybridized carbons (Fsp3) is 0.409. The minimum absolute atomic E-state index is 0.00187. The molecule has 1 heterocycles. The SMILES string of the molecule is CCOc1ccc(C(C)=O)cc1N1C(=O)[C@@H]2C3C=CC(C3=C(C)C)[C@@H]2C1=O. The molecule has 2 unspecified atom stereocenters. The Labute approximate surface area is 158 Å². The molecule has 0 spiro atoms. The maximum absolute atomic E-state index is 13.3. The molecular formula is C22H23NO4. The van der Waals surface area contributed by atoms with E-state index in [2.05, 4.69) is 12.2 Å². The van der Waals surface area contributed by atoms with E-state index in [1.54, 1.807) is 18.2 Å². The van der Waals surface area contributed by atoms with E-state index in [0.29, 0.717) is 23.6 Å². The smallest absolute Gasteiger partial charge is 0.238 e. The number of amides is 2. The fourth-order valence-corrected chi connectivity index (χ4v) is 4.86. The van der Waals surface area contributed by atoms with Gasteiger partial charge in [0.25, 0.3) is 0 Å². The molecule has 0 radical (unpaired) electrons. The van der Waals surface area contributed by atoms with Crippen LogP contribution in [-0.2, 0) is 9.59 Å². The van der Waals surface area contributed by atoms with Crippen molar-refractivity contribution in [1.29, 1.82) is 0 Å². The average Bonchev–Trinajstić information content (AvgIpc) is 3.26. The molecular weight excluding hydrogens is 342 g/mol. The van der Waals surface area contributed by atoms with Crippen LogP contribution in [0.3, 0.4) is 0 Å². The molecule has 27 heavy (non-hydrogen) atoms. The molecule has 140 valence electrons. The molecule has 2 amide bonds. The summed E-state index contributed by atoms with van der Waals surface area (Å²) in [6.45, 7) is 7.80. The molecule has 5 heteroatoms. The number of allylic oxidation sites excluding steroid dienone is 4. The molecule has 0 aromatic heterocycles. The van der Waals surface area contributed by atoms with E-state index < -0.39 is 0 Å². The highest BCUT2D eigenvalue weighted by Gasteiger charge is 2.62. The largest absolute Gasteiger partial charge is 0.492 e. The summed E-state index contributed by atoms with van der Waals surface area (Å²) in [5.74, 6) is -0.764. The molecule has 4 atom stereocenters. The maximum atomic E-state index is 13.3. The van der Waals surface area contributed by atoms with Gasteiger partial charge < -0.3 is 4.74 Å². The number of benzene rings is 1. The van der Waals surface area contributed by atoms with Gasteiger partial charge in [-0.3, -0.25) is 14.4 Å². The van der Waals surface area contributed by atoms with Crippen LogP contribution in [0.1, 0.15) is 38.1 Å². The van der Waals surface area contributed by atoms with Crippen LogP contribution in [0, 0.1) is 23.7 Å². The third kappa shape index (κ3) is 2.41. The molecule has 1 saturated carbocycles. The first-order valence-electron chi connectivity index (χ1n) is 9.38. The van der Waals surface area contributed by atoms with Crippen molar-refractivity contribution >= 4 is 23.3 Å². The molecule has 2 aliphatic carbocycles. The first-order chi connectivity index (χ1) is 12.9. The zero-order chi connectivity index (χ0) is 19.5. The van der Waals surface area contributed by atoms with Gasteiger partial charge in [0.2, 0.25) is 11.8 Å². The van der Waals surface area contributed by atoms with Crippen LogP contribution in [0.5, 0.6) is 5.75 Å². The second-order valence-electron chi connectivity index (χ2n) is 7.63. The third-order valence-corrected chi connectivity index (χ3v) is 5.90. The average molecular weight is 365 g/mol. The normalized spacial score (nSPS) is 28.1. The van der Waals surface area contributed by atoms with Crippen molar-refractivity contribution in [2.75, 3.05) is 11.5 Å². The Morgan fingerprint density at radius 1 is 1.04 bits per heavy atom. The summed E-state index contributed by atoms with van der Waals surface area (Å²) in [5.41, 5.74) is 3.24. The quantitative estimate of drug-likeness (QED) is 0.465. The predicted molar refractivity (Wildman–Crippen MR) is 102 cm³/mol. The van der Waals surface area contributed by atoms with Crippen LogP contribution < -0.4 is 9.64 Å². The molecule has 3 aliphatic rings. The van der Waals surface area contributed by atoms with Crippen LogP contribution in [0.4, 0.5) is 5.69 Å². The third-order valence-electron chi connectivity index (χ3n) is 5.90. The fourth-order valence-electron chi connectivity index (χ4n) is 4.86. The lowest BCUT2D eigenvalue weighted by atomic mass is 9.85. The Bertz CT molecular complexity index is 888. The minimum Gasteiger partial charge on any atom is -0.492 e. The topological polar surface area (TPSA) is 63.7 Å². The van der Waals surface area contributed by atoms with Crippen molar-refractivity contribution in [3.8, 4) is 5.75 Å². The van der Waals surface area contributed by atoms with E-state index >= 15 is 0 Å². The van der Waals surface area contributed by atoms with Crippen molar-refractivity contribution in [2.24, 2.45) is 23.7 Å². The first kappa shape index (κ1) is 17.7. The molecule has 2 fully saturated rings. The van der Waals surface area contributed by atoms with E-state index in [9.17, 15) is 14.4 Å². The van der Waals surface area contributed by atoms with Crippen LogP contribution in [0.25, 0.3) is 0 Å². The Morgan fingerprint density at radius 2 is 1.63 bits per heavy atom. The number of Topliss-reactive ketones (excluding diaryl/α,β-unsaturated/α-hetero) is 1. The van der Waals surface area contributed by atoms with Crippen molar-refractivity contribution in [2.45, 2.75) is 27.7 Å². The number of hydrogen-bond acceptors (Lipinski definition) is 4. The van der Waals surface area contributed by atoms with Crippen molar-refractivity contribution in [3.05, 3.63) is 47.1 Å². The summed E-state index contributed by atoms with van der Waals surface area (Å²) in [6, 6.07) is 4.93. The molecule has 1 saturated heterocycles. The highest BCUT2D eigenvalue weighted by Crippen LogP contribution is 2.57. The predicted octanol–water partition coefficient (Wildman–Crippen LogP) is 3.55. The van der Waals surface area contributed by atoms with Gasteiger partial charge in [-0.1, -0.05) is 23.3 Å². The highest BCUT2D eigenvalue weighted by molar-refractivity contribution is 6.24. The van der Waals surface area contributed by atoms with Gasteiger partial charge >= 0.3 is 0 Å². The van der Waals surface area contributed by atoms with Gasteiger partial charge in [-0.15, -0.1) is 0 Å². The Morgan fingerprint density at radius 3 is 2.11 bits per heavy atom. The first-order valence-corrected chi connectivity index (χ1v) is 9.38. The van der Waals surface area contributed by atoms with Gasteiger partial charge in [0.15, 0.2) is 5.78 Å². The summed E-state index contributed by atoms with van der Waals surface area (Å²) >= 11 is 0. The van der Waals surface area contributed by atoms with E-state index in [-0.39, 0.29) is 41.3 Å². The number of ether oxygens (including phenoxy) is 1. The Balaban J connectivity index is 1.79. The maximum Gasteiger partial charge on any atom is 0.238 e. The van der Waals surface area contributed by atoms with Crippen LogP contribution in [0.15, 0.2) is 41.5 Å². The summed E-state index contributed by atoms with van der Waals surface area (Å²) in [5, 5.41) is 0. The second-order valence-corrected chi connectivity index (χ2v) is 7.63. The number of hydrogen-bond donors (Lipinski definition) is 0. The monoisotopic (exact) mass is 365 g/mol. The number of anilines is 1. The van der Waals surface area contributed by atoms with E-state index in [1.807, 2.05) is 20.8 Å². The van der Waals surface area contributed by atoms with Crippen molar-refractivity contribution < 1.29 is 19.1 Å². The zero-order valence-electron chi connectivity index (χ0n) is 16.0. The lowest BCUT2D eigenvalue weighted by Crippen LogP contribution is -2.33. The van der Waals surface area contributed by atoms with Crippen LogP contribution in [0.2, 0.25) is 0 Å². The molecule has 1 aromatic carbocycles. The van der Waals surface area contributed by atoms with Gasteiger partial charge in [-0.2, -0.15) is 0 Å². The van der Waals surface area contributed by atoms with Crippen molar-refractivity contribution in [1.82, 2.24) is 0 Å². The molecule has 2 bridgehead atoms. The van der Waals surface area contributed by atoms with Crippen LogP contribution >= 0.6 is 0 Å². The molecule has 5 nitrogen and oxygen atoms in total. The summed E-state index contributed by atoms with van der Waals surface area (Å²) in [7, 11) is 0. The van der Waals surface area contributed by atoms with Gasteiger partial charge in [-0.05, 0) is 45.9 Å². The van der Waals surface area contributed by atoms with Gasteiger partial charge in [0, 0.05) is 17.4 Å². The van der Waals surface area contributed by atoms with E-state index in [1.165, 1.54) is 23.0 Å². The number of fused-ring (bicyclic) bond motifs is 5. The number of ketones is 1. The van der Waals surface area contributed by atoms with E-state index in [0.717, 1.165) is 0 Å². The second kappa shape index (κ2) is 6.19. The zero-order valence-corrected chi connectivity index (χ0v) is 16.0. The van der Waals surface area contributed by atoms with Gasteiger partial charge in [0.1, 0.15) is 5.75 Å². The molecule has 1 aliphatic heterocycles. The standard InChI is InChI=1S/C22H23NO4/c1-5-27-17-9-6-13(12(4)24)10-16(17)23-21(25)19-14-7-8-15(18(14)11(2)3)20(19)22(23)26/h6-10,14-15,19-20H,5H2,1-4H3/t14?,15?,19-,20+. The number of imide groups is 1. The lowest BCUT2D eigenvalue weighted by Gasteiger charge is -2.22. The lowest BCUT2D eigenvalue weighted by molar-refractivity contribution is -0.123. The van der Waals surface area contributed by atoms with E-state index in [4.69, 9.17) is 4.74 Å².